The minimum absolute atomic E-state index is 0.494. The molecule has 2 aromatic rings. The topological polar surface area (TPSA) is 149 Å². The highest BCUT2D eigenvalue weighted by Crippen LogP contribution is 2.29. The molecular formula is C13H14N4O4S. The number of carbonyl (C=O) groups is 1. The van der Waals surface area contributed by atoms with E-state index in [0.717, 1.165) is 4.70 Å². The second-order valence-electron chi connectivity index (χ2n) is 4.04. The van der Waals surface area contributed by atoms with Crippen LogP contribution >= 0.6 is 0 Å². The van der Waals surface area contributed by atoms with Gasteiger partial charge in [-0.3, -0.25) is 9.35 Å². The van der Waals surface area contributed by atoms with Gasteiger partial charge in [0.25, 0.3) is 5.62 Å². The van der Waals surface area contributed by atoms with E-state index in [-0.39, 0.29) is 0 Å². The molecule has 9 heteroatoms. The molecule has 0 unspecified atom stereocenters. The second kappa shape index (κ2) is 7.29. The van der Waals surface area contributed by atoms with Crippen molar-refractivity contribution in [2.45, 2.75) is 0 Å². The fourth-order valence-electron chi connectivity index (χ4n) is 1.49. The van der Waals surface area contributed by atoms with E-state index in [4.69, 9.17) is 20.8 Å². The zero-order chi connectivity index (χ0) is 16.8. The molecule has 0 saturated carbocycles. The second-order valence-corrected chi connectivity index (χ2v) is 5.26. The Morgan fingerprint density at radius 3 is 1.55 bits per heavy atom. The Labute approximate surface area is 127 Å². The molecule has 0 spiro atoms. The zero-order valence-corrected chi connectivity index (χ0v) is 12.1. The van der Waals surface area contributed by atoms with E-state index in [1.807, 2.05) is 0 Å². The Bertz CT molecular complexity index is 731. The lowest BCUT2D eigenvalue weighted by atomic mass is 10.2. The molecule has 0 heterocycles. The Kier molecular flexibility index (Phi) is 5.72. The van der Waals surface area contributed by atoms with Crippen molar-refractivity contribution in [2.75, 3.05) is 11.5 Å². The number of rotatable bonds is 3. The summed E-state index contributed by atoms with van der Waals surface area (Å²) in [6.07, 6.45) is 0. The molecule has 0 atom stereocenters. The Morgan fingerprint density at radius 2 is 1.27 bits per heavy atom. The Balaban J connectivity index is 0.000000346. The predicted molar refractivity (Wildman–Crippen MR) is 84.8 cm³/mol. The van der Waals surface area contributed by atoms with Gasteiger partial charge >= 0.3 is 10.1 Å². The number of nitrogens with zero attached hydrogens (tertiary/aromatic N) is 2. The highest BCUT2D eigenvalue weighted by molar-refractivity contribution is 7.99. The SMILES string of the molecule is O=CS(=O)(=O)O.[N-]=[N+](c1ccccc1N)c1ccccc1N. The van der Waals surface area contributed by atoms with Crippen LogP contribution in [-0.2, 0) is 14.9 Å². The molecular weight excluding hydrogens is 308 g/mol. The molecule has 0 fully saturated rings. The van der Waals surface area contributed by atoms with Crippen LogP contribution in [0.5, 0.6) is 0 Å². The highest BCUT2D eigenvalue weighted by Gasteiger charge is 2.12. The number of hydrogen-bond donors (Lipinski definition) is 3. The average Bonchev–Trinajstić information content (AvgIpc) is 2.47. The van der Waals surface area contributed by atoms with Crippen LogP contribution in [0.15, 0.2) is 48.5 Å². The van der Waals surface area contributed by atoms with Gasteiger partial charge in [0, 0.05) is 12.1 Å². The summed E-state index contributed by atoms with van der Waals surface area (Å²) < 4.78 is 26.8. The van der Waals surface area contributed by atoms with Crippen molar-refractivity contribution in [1.82, 2.24) is 4.70 Å². The van der Waals surface area contributed by atoms with Crippen molar-refractivity contribution in [3.8, 4) is 0 Å². The van der Waals surface area contributed by atoms with E-state index in [1.165, 1.54) is 0 Å². The van der Waals surface area contributed by atoms with Crippen molar-refractivity contribution in [3.63, 3.8) is 0 Å². The minimum Gasteiger partial charge on any atom is -0.493 e. The van der Waals surface area contributed by atoms with Crippen LogP contribution < -0.4 is 16.2 Å². The van der Waals surface area contributed by atoms with Crippen molar-refractivity contribution < 1.29 is 17.8 Å². The van der Waals surface area contributed by atoms with E-state index in [1.54, 1.807) is 48.5 Å². The third-order valence-corrected chi connectivity index (χ3v) is 2.69. The molecule has 0 saturated heterocycles. The molecule has 0 aromatic heterocycles. The molecule has 2 rings (SSSR count). The van der Waals surface area contributed by atoms with Crippen molar-refractivity contribution in [1.29, 1.82) is 0 Å². The standard InChI is InChI=1S/C12H12N4.CH2O4S/c13-9-5-1-3-7-11(9)16(15)12-8-4-2-6-10(12)14;2-1-6(3,4)5/h1-8H,13-14H2;1H,(H,3,4,5). The van der Waals surface area contributed by atoms with Gasteiger partial charge in [-0.25, -0.2) is 4.70 Å². The van der Waals surface area contributed by atoms with Gasteiger partial charge in [0.2, 0.25) is 11.4 Å². The van der Waals surface area contributed by atoms with Gasteiger partial charge in [-0.1, -0.05) is 24.3 Å². The number of benzene rings is 2. The fourth-order valence-corrected chi connectivity index (χ4v) is 1.49. The number of anilines is 2. The van der Waals surface area contributed by atoms with Crippen LogP contribution in [0.2, 0.25) is 0 Å². The van der Waals surface area contributed by atoms with E-state index < -0.39 is 15.7 Å². The summed E-state index contributed by atoms with van der Waals surface area (Å²) in [5, 5.41) is 0. The quantitative estimate of drug-likeness (QED) is 0.258. The number of nitrogen functional groups attached to an aromatic ring is 2. The average molecular weight is 322 g/mol. The van der Waals surface area contributed by atoms with Gasteiger partial charge in [0.15, 0.2) is 0 Å². The van der Waals surface area contributed by atoms with Crippen LogP contribution in [0.25, 0.3) is 5.53 Å². The van der Waals surface area contributed by atoms with Crippen molar-refractivity contribution >= 4 is 38.5 Å². The first kappa shape index (κ1) is 17.3. The lowest BCUT2D eigenvalue weighted by Gasteiger charge is -2.09. The number of carbonyl (C=O) groups excluding carboxylic acids is 1. The van der Waals surface area contributed by atoms with Crippen LogP contribution in [0.4, 0.5) is 22.7 Å². The molecule has 8 nitrogen and oxygen atoms in total. The first-order chi connectivity index (χ1) is 10.3. The van der Waals surface area contributed by atoms with Crippen LogP contribution in [0, 0.1) is 0 Å². The summed E-state index contributed by atoms with van der Waals surface area (Å²) in [4.78, 5) is 8.99. The lowest BCUT2D eigenvalue weighted by molar-refractivity contribution is 0.487. The monoisotopic (exact) mass is 322 g/mol. The van der Waals surface area contributed by atoms with Gasteiger partial charge in [-0.05, 0) is 12.1 Å². The van der Waals surface area contributed by atoms with Crippen LogP contribution in [-0.4, -0.2) is 18.6 Å². The van der Waals surface area contributed by atoms with E-state index in [9.17, 15) is 13.9 Å². The molecule has 116 valence electrons. The van der Waals surface area contributed by atoms with Crippen LogP contribution in [0.3, 0.4) is 0 Å². The number of nitrogens with two attached hydrogens (primary N) is 2. The Morgan fingerprint density at radius 1 is 0.955 bits per heavy atom. The highest BCUT2D eigenvalue weighted by atomic mass is 32.2. The summed E-state index contributed by atoms with van der Waals surface area (Å²) in [5.74, 6) is 0. The smallest absolute Gasteiger partial charge is 0.325 e. The maximum absolute atomic E-state index is 10.0. The molecule has 2 aromatic carbocycles. The lowest BCUT2D eigenvalue weighted by Crippen LogP contribution is -2.03. The summed E-state index contributed by atoms with van der Waals surface area (Å²) in [6, 6.07) is 14.1. The van der Waals surface area contributed by atoms with E-state index in [2.05, 4.69) is 0 Å². The summed E-state index contributed by atoms with van der Waals surface area (Å²) >= 11 is 0. The summed E-state index contributed by atoms with van der Waals surface area (Å²) in [5.41, 5.74) is 23.0. The van der Waals surface area contributed by atoms with Gasteiger partial charge < -0.3 is 17.0 Å². The number of para-hydroxylation sites is 4. The normalized spacial score (nSPS) is 10.2. The molecule has 0 aliphatic carbocycles. The maximum Gasteiger partial charge on any atom is 0.325 e. The first-order valence-electron chi connectivity index (χ1n) is 5.87. The predicted octanol–water partition coefficient (Wildman–Crippen LogP) is 1.77. The molecule has 0 aliphatic heterocycles. The molecule has 5 N–H and O–H groups in total. The number of hydrogen-bond acceptors (Lipinski definition) is 5. The summed E-state index contributed by atoms with van der Waals surface area (Å²) in [7, 11) is -4.34. The largest absolute Gasteiger partial charge is 0.493 e. The Hall–Kier alpha value is -2.78. The van der Waals surface area contributed by atoms with E-state index >= 15 is 0 Å². The van der Waals surface area contributed by atoms with Crippen molar-refractivity contribution in [2.24, 2.45) is 0 Å². The van der Waals surface area contributed by atoms with Gasteiger partial charge in [0.1, 0.15) is 11.4 Å². The van der Waals surface area contributed by atoms with Crippen LogP contribution in [0.1, 0.15) is 0 Å². The molecule has 0 bridgehead atoms. The first-order valence-corrected chi connectivity index (χ1v) is 7.37. The third-order valence-electron chi connectivity index (χ3n) is 2.45. The third kappa shape index (κ3) is 4.96. The van der Waals surface area contributed by atoms with Crippen molar-refractivity contribution in [3.05, 3.63) is 54.1 Å². The molecule has 0 aliphatic rings. The summed E-state index contributed by atoms with van der Waals surface area (Å²) in [6.45, 7) is 0. The van der Waals surface area contributed by atoms with Gasteiger partial charge in [0.05, 0.1) is 0 Å². The zero-order valence-electron chi connectivity index (χ0n) is 11.3. The minimum atomic E-state index is -4.34. The maximum atomic E-state index is 10.0. The molecule has 22 heavy (non-hydrogen) atoms. The van der Waals surface area contributed by atoms with E-state index in [0.29, 0.717) is 22.7 Å². The molecule has 0 amide bonds. The fraction of sp³-hybridized carbons (Fsp3) is 0. The van der Waals surface area contributed by atoms with Gasteiger partial charge in [-0.2, -0.15) is 8.42 Å². The molecule has 0 radical (unpaired) electrons. The van der Waals surface area contributed by atoms with Gasteiger partial charge in [-0.15, -0.1) is 0 Å².